The number of benzene rings is 2. The quantitative estimate of drug-likeness (QED) is 0.267. The lowest BCUT2D eigenvalue weighted by Gasteiger charge is -2.16. The van der Waals surface area contributed by atoms with Crippen LogP contribution in [0.15, 0.2) is 42.2 Å². The summed E-state index contributed by atoms with van der Waals surface area (Å²) in [4.78, 5) is -0.234. The molecule has 0 bridgehead atoms. The van der Waals surface area contributed by atoms with Crippen LogP contribution in [0.25, 0.3) is 0 Å². The van der Waals surface area contributed by atoms with Gasteiger partial charge in [-0.3, -0.25) is 0 Å². The van der Waals surface area contributed by atoms with Crippen molar-refractivity contribution >= 4 is 95.6 Å². The average Bonchev–Trinajstić information content (AvgIpc) is 2.66. The second-order valence-electron chi connectivity index (χ2n) is 6.14. The van der Waals surface area contributed by atoms with E-state index in [1.807, 2.05) is 24.3 Å². The molecule has 29 heavy (non-hydrogen) atoms. The fourth-order valence-electron chi connectivity index (χ4n) is 2.39. The molecule has 0 spiro atoms. The number of ether oxygens (including phenoxy) is 2. The van der Waals surface area contributed by atoms with Crippen LogP contribution in [0.2, 0.25) is 0 Å². The fourth-order valence-corrected chi connectivity index (χ4v) is 5.68. The van der Waals surface area contributed by atoms with Gasteiger partial charge in [-0.05, 0) is 106 Å². The Hall–Kier alpha value is 0.840. The molecular weight excluding hydrogens is 772 g/mol. The summed E-state index contributed by atoms with van der Waals surface area (Å²) in [5, 5.41) is 18.2. The molecule has 2 aromatic carbocycles. The Morgan fingerprint density at radius 2 is 0.966 bits per heavy atom. The molecule has 0 saturated heterocycles. The minimum atomic E-state index is -0.117. The van der Waals surface area contributed by atoms with E-state index in [9.17, 15) is 0 Å². The first-order valence-corrected chi connectivity index (χ1v) is 13.5. The fraction of sp³-hybridized carbons (Fsp3) is 0.368. The summed E-state index contributed by atoms with van der Waals surface area (Å²) in [5.74, 6) is 1.40. The van der Waals surface area contributed by atoms with Crippen molar-refractivity contribution in [3.05, 3.63) is 53.3 Å². The summed E-state index contributed by atoms with van der Waals surface area (Å²) in [5.41, 5.74) is 2.20. The van der Waals surface area contributed by atoms with Crippen molar-refractivity contribution in [2.75, 3.05) is 26.4 Å². The van der Waals surface area contributed by atoms with Crippen molar-refractivity contribution in [3.8, 4) is 11.5 Å². The lowest BCUT2D eigenvalue weighted by atomic mass is 10.0. The Kier molecular flexibility index (Phi) is 11.5. The molecule has 2 unspecified atom stereocenters. The average molecular weight is 790 g/mol. The van der Waals surface area contributed by atoms with Crippen LogP contribution in [0.4, 0.5) is 0 Å². The SMILES string of the molecule is OCC(Br)COc1c(Br)cc(Cc2cc(Br)c(OCC(Br)CO)c(Br)c2)cc1Br. The van der Waals surface area contributed by atoms with Crippen molar-refractivity contribution in [1.82, 2.24) is 0 Å². The van der Waals surface area contributed by atoms with E-state index in [0.29, 0.717) is 31.1 Å². The Labute approximate surface area is 220 Å². The van der Waals surface area contributed by atoms with Crippen molar-refractivity contribution in [2.24, 2.45) is 0 Å². The molecule has 2 aromatic rings. The monoisotopic (exact) mass is 784 g/mol. The lowest BCUT2D eigenvalue weighted by molar-refractivity contribution is 0.241. The van der Waals surface area contributed by atoms with Gasteiger partial charge < -0.3 is 19.7 Å². The maximum atomic E-state index is 9.12. The molecule has 0 fully saturated rings. The first-order valence-electron chi connectivity index (χ1n) is 8.46. The van der Waals surface area contributed by atoms with E-state index in [2.05, 4.69) is 95.6 Å². The Morgan fingerprint density at radius 3 is 1.24 bits per heavy atom. The van der Waals surface area contributed by atoms with Gasteiger partial charge >= 0.3 is 0 Å². The molecule has 0 aliphatic carbocycles. The van der Waals surface area contributed by atoms with Crippen LogP contribution in [0, 0.1) is 0 Å². The highest BCUT2D eigenvalue weighted by atomic mass is 79.9. The molecule has 2 N–H and O–H groups in total. The van der Waals surface area contributed by atoms with Crippen LogP contribution in [0.5, 0.6) is 11.5 Å². The predicted molar refractivity (Wildman–Crippen MR) is 137 cm³/mol. The number of aliphatic hydroxyl groups is 2. The predicted octanol–water partition coefficient (Wildman–Crippen LogP) is 6.60. The third-order valence-electron chi connectivity index (χ3n) is 3.74. The van der Waals surface area contributed by atoms with Gasteiger partial charge in [-0.1, -0.05) is 31.9 Å². The van der Waals surface area contributed by atoms with Crippen LogP contribution < -0.4 is 9.47 Å². The Bertz CT molecular complexity index is 719. The van der Waals surface area contributed by atoms with E-state index < -0.39 is 0 Å². The third kappa shape index (κ3) is 8.04. The van der Waals surface area contributed by atoms with E-state index >= 15 is 0 Å². The molecule has 0 radical (unpaired) electrons. The van der Waals surface area contributed by atoms with Crippen LogP contribution in [-0.2, 0) is 6.42 Å². The minimum Gasteiger partial charge on any atom is -0.490 e. The molecular formula is C19H18Br6O4. The van der Waals surface area contributed by atoms with Gasteiger partial charge in [0.25, 0.3) is 0 Å². The topological polar surface area (TPSA) is 58.9 Å². The normalized spacial score (nSPS) is 13.2. The standard InChI is InChI=1S/C19H18Br6O4/c20-12(6-26)8-28-18-14(22)2-10(3-15(18)23)1-11-4-16(24)19(17(25)5-11)29-9-13(21)7-27/h2-5,12-13,26-27H,1,6-9H2. The largest absolute Gasteiger partial charge is 0.490 e. The van der Waals surface area contributed by atoms with Gasteiger partial charge in [0.05, 0.1) is 40.8 Å². The summed E-state index contributed by atoms with van der Waals surface area (Å²) in [6.07, 6.45) is 0.713. The number of halogens is 6. The lowest BCUT2D eigenvalue weighted by Crippen LogP contribution is -2.15. The molecule has 0 aliphatic heterocycles. The molecule has 2 atom stereocenters. The van der Waals surface area contributed by atoms with Gasteiger partial charge in [0, 0.05) is 0 Å². The number of hydrogen-bond donors (Lipinski definition) is 2. The van der Waals surface area contributed by atoms with E-state index in [1.165, 1.54) is 0 Å². The summed E-state index contributed by atoms with van der Waals surface area (Å²) < 4.78 is 14.9. The molecule has 10 heteroatoms. The first-order chi connectivity index (χ1) is 13.7. The summed E-state index contributed by atoms with van der Waals surface area (Å²) >= 11 is 21.0. The van der Waals surface area contributed by atoms with E-state index in [0.717, 1.165) is 29.0 Å². The first kappa shape index (κ1) is 26.1. The summed E-state index contributed by atoms with van der Waals surface area (Å²) in [6, 6.07) is 8.08. The zero-order chi connectivity index (χ0) is 21.6. The highest BCUT2D eigenvalue weighted by Crippen LogP contribution is 2.38. The number of alkyl halides is 2. The zero-order valence-electron chi connectivity index (χ0n) is 15.0. The second-order valence-corrected chi connectivity index (χ2v) is 12.1. The smallest absolute Gasteiger partial charge is 0.147 e. The van der Waals surface area contributed by atoms with Gasteiger partial charge in [-0.2, -0.15) is 0 Å². The molecule has 0 aliphatic rings. The second kappa shape index (κ2) is 12.8. The third-order valence-corrected chi connectivity index (χ3v) is 7.20. The number of rotatable bonds is 10. The molecule has 0 aromatic heterocycles. The number of hydrogen-bond acceptors (Lipinski definition) is 4. The van der Waals surface area contributed by atoms with Crippen LogP contribution >= 0.6 is 95.6 Å². The highest BCUT2D eigenvalue weighted by molar-refractivity contribution is 9.11. The molecule has 4 nitrogen and oxygen atoms in total. The number of aliphatic hydroxyl groups excluding tert-OH is 2. The van der Waals surface area contributed by atoms with Crippen molar-refractivity contribution in [2.45, 2.75) is 16.1 Å². The summed E-state index contributed by atoms with van der Waals surface area (Å²) in [6.45, 7) is 0.736. The Morgan fingerprint density at radius 1 is 0.655 bits per heavy atom. The van der Waals surface area contributed by atoms with Crippen molar-refractivity contribution in [3.63, 3.8) is 0 Å². The van der Waals surface area contributed by atoms with Crippen molar-refractivity contribution < 1.29 is 19.7 Å². The van der Waals surface area contributed by atoms with Gasteiger partial charge in [0.2, 0.25) is 0 Å². The van der Waals surface area contributed by atoms with Gasteiger partial charge in [-0.15, -0.1) is 0 Å². The molecule has 0 amide bonds. The van der Waals surface area contributed by atoms with Crippen LogP contribution in [-0.4, -0.2) is 46.3 Å². The van der Waals surface area contributed by atoms with Gasteiger partial charge in [-0.25, -0.2) is 0 Å². The van der Waals surface area contributed by atoms with Crippen LogP contribution in [0.3, 0.4) is 0 Å². The van der Waals surface area contributed by atoms with Gasteiger partial charge in [0.1, 0.15) is 24.7 Å². The molecule has 160 valence electrons. The summed E-state index contributed by atoms with van der Waals surface area (Å²) in [7, 11) is 0. The maximum absolute atomic E-state index is 9.12. The molecule has 0 saturated carbocycles. The zero-order valence-corrected chi connectivity index (χ0v) is 24.5. The van der Waals surface area contributed by atoms with Crippen molar-refractivity contribution in [1.29, 1.82) is 0 Å². The maximum Gasteiger partial charge on any atom is 0.147 e. The molecule has 2 rings (SSSR count). The Balaban J connectivity index is 2.15. The van der Waals surface area contributed by atoms with E-state index in [1.54, 1.807) is 0 Å². The van der Waals surface area contributed by atoms with E-state index in [4.69, 9.17) is 19.7 Å². The highest BCUT2D eigenvalue weighted by Gasteiger charge is 2.14. The van der Waals surface area contributed by atoms with Crippen LogP contribution in [0.1, 0.15) is 11.1 Å². The van der Waals surface area contributed by atoms with E-state index in [-0.39, 0.29) is 22.9 Å². The molecule has 0 heterocycles. The minimum absolute atomic E-state index is 0.00703. The van der Waals surface area contributed by atoms with Gasteiger partial charge in [0.15, 0.2) is 0 Å².